The molecule has 1 saturated carbocycles. The molecule has 0 aromatic heterocycles. The van der Waals surface area contributed by atoms with Crippen LogP contribution in [0.3, 0.4) is 0 Å². The molecule has 0 spiro atoms. The van der Waals surface area contributed by atoms with Gasteiger partial charge < -0.3 is 10.2 Å². The average molecular weight is 288 g/mol. The molecule has 1 fully saturated rings. The Hall–Kier alpha value is -1.51. The monoisotopic (exact) mass is 288 g/mol. The molecule has 0 saturated heterocycles. The van der Waals surface area contributed by atoms with Crippen LogP contribution in [0.5, 0.6) is 0 Å². The number of nitrogens with one attached hydrogen (secondary N) is 1. The van der Waals surface area contributed by atoms with E-state index in [2.05, 4.69) is 36.5 Å². The van der Waals surface area contributed by atoms with Gasteiger partial charge in [0.15, 0.2) is 0 Å². The second-order valence-electron chi connectivity index (χ2n) is 6.58. The smallest absolute Gasteiger partial charge is 0.219 e. The molecule has 21 heavy (non-hydrogen) atoms. The number of carbonyl (C=O) groups excluding carboxylic acids is 1. The van der Waals surface area contributed by atoms with Crippen molar-refractivity contribution in [3.05, 3.63) is 29.8 Å². The van der Waals surface area contributed by atoms with Crippen LogP contribution >= 0.6 is 0 Å². The lowest BCUT2D eigenvalue weighted by molar-refractivity contribution is -0.128. The van der Waals surface area contributed by atoms with Crippen LogP contribution in [-0.4, -0.2) is 24.4 Å². The van der Waals surface area contributed by atoms with E-state index in [-0.39, 0.29) is 5.91 Å². The lowest BCUT2D eigenvalue weighted by Gasteiger charge is -2.26. The van der Waals surface area contributed by atoms with Crippen LogP contribution in [-0.2, 0) is 11.3 Å². The molecule has 3 heteroatoms. The molecule has 0 unspecified atom stereocenters. The van der Waals surface area contributed by atoms with E-state index in [4.69, 9.17) is 0 Å². The van der Waals surface area contributed by atoms with E-state index in [1.807, 2.05) is 7.05 Å². The zero-order valence-corrected chi connectivity index (χ0v) is 13.6. The van der Waals surface area contributed by atoms with Gasteiger partial charge in [-0.3, -0.25) is 4.79 Å². The maximum atomic E-state index is 11.3. The van der Waals surface area contributed by atoms with E-state index in [0.29, 0.717) is 6.54 Å². The third-order valence-electron chi connectivity index (χ3n) is 4.61. The Bertz CT molecular complexity index is 464. The van der Waals surface area contributed by atoms with Crippen molar-refractivity contribution in [1.29, 1.82) is 0 Å². The van der Waals surface area contributed by atoms with Gasteiger partial charge in [0.1, 0.15) is 0 Å². The first-order chi connectivity index (χ1) is 10.0. The van der Waals surface area contributed by atoms with Gasteiger partial charge in [-0.2, -0.15) is 0 Å². The Kier molecular flexibility index (Phi) is 5.66. The highest BCUT2D eigenvalue weighted by Crippen LogP contribution is 2.28. The summed E-state index contributed by atoms with van der Waals surface area (Å²) in [5, 5.41) is 3.57. The fourth-order valence-electron chi connectivity index (χ4n) is 2.96. The topological polar surface area (TPSA) is 32.3 Å². The van der Waals surface area contributed by atoms with Crippen LogP contribution in [0, 0.1) is 11.8 Å². The van der Waals surface area contributed by atoms with Crippen LogP contribution in [0.15, 0.2) is 24.3 Å². The summed E-state index contributed by atoms with van der Waals surface area (Å²) in [5.74, 6) is 1.82. The molecule has 0 heterocycles. The number of amides is 1. The van der Waals surface area contributed by atoms with E-state index in [9.17, 15) is 4.79 Å². The number of benzene rings is 1. The molecule has 1 aromatic carbocycles. The van der Waals surface area contributed by atoms with Crippen LogP contribution in [0.1, 0.15) is 45.1 Å². The quantitative estimate of drug-likeness (QED) is 0.891. The SMILES string of the molecule is CC(=O)N(C)Cc1cccc(NCC2CCC(C)CC2)c1. The normalized spacial score (nSPS) is 21.9. The van der Waals surface area contributed by atoms with Gasteiger partial charge in [-0.25, -0.2) is 0 Å². The van der Waals surface area contributed by atoms with Crippen molar-refractivity contribution in [3.63, 3.8) is 0 Å². The first-order valence-electron chi connectivity index (χ1n) is 8.09. The molecule has 0 atom stereocenters. The number of nitrogens with zero attached hydrogens (tertiary/aromatic N) is 1. The lowest BCUT2D eigenvalue weighted by Crippen LogP contribution is -2.23. The summed E-state index contributed by atoms with van der Waals surface area (Å²) >= 11 is 0. The highest BCUT2D eigenvalue weighted by atomic mass is 16.2. The van der Waals surface area contributed by atoms with Gasteiger partial charge in [0.05, 0.1) is 0 Å². The third kappa shape index (κ3) is 5.07. The van der Waals surface area contributed by atoms with Crippen molar-refractivity contribution in [1.82, 2.24) is 4.90 Å². The number of hydrogen-bond acceptors (Lipinski definition) is 2. The molecule has 2 rings (SSSR count). The summed E-state index contributed by atoms with van der Waals surface area (Å²) in [6, 6.07) is 8.41. The summed E-state index contributed by atoms with van der Waals surface area (Å²) in [6.07, 6.45) is 5.44. The van der Waals surface area contributed by atoms with Crippen molar-refractivity contribution < 1.29 is 4.79 Å². The van der Waals surface area contributed by atoms with Crippen LogP contribution in [0.2, 0.25) is 0 Å². The summed E-state index contributed by atoms with van der Waals surface area (Å²) in [6.45, 7) is 5.70. The Labute approximate surface area is 128 Å². The van der Waals surface area contributed by atoms with E-state index < -0.39 is 0 Å². The van der Waals surface area contributed by atoms with Gasteiger partial charge >= 0.3 is 0 Å². The van der Waals surface area contributed by atoms with Gasteiger partial charge in [-0.05, 0) is 42.4 Å². The van der Waals surface area contributed by atoms with Crippen molar-refractivity contribution in [2.45, 2.75) is 46.1 Å². The van der Waals surface area contributed by atoms with E-state index in [1.165, 1.54) is 36.9 Å². The molecule has 1 aliphatic carbocycles. The minimum absolute atomic E-state index is 0.102. The fourth-order valence-corrected chi connectivity index (χ4v) is 2.96. The maximum absolute atomic E-state index is 11.3. The minimum atomic E-state index is 0.102. The fraction of sp³-hybridized carbons (Fsp3) is 0.611. The third-order valence-corrected chi connectivity index (χ3v) is 4.61. The number of anilines is 1. The molecule has 3 nitrogen and oxygen atoms in total. The van der Waals surface area contributed by atoms with Gasteiger partial charge in [0.25, 0.3) is 0 Å². The molecule has 1 aliphatic rings. The summed E-state index contributed by atoms with van der Waals surface area (Å²) in [5.41, 5.74) is 2.35. The molecule has 0 bridgehead atoms. The summed E-state index contributed by atoms with van der Waals surface area (Å²) < 4.78 is 0. The van der Waals surface area contributed by atoms with Gasteiger partial charge in [0.2, 0.25) is 5.91 Å². The molecule has 116 valence electrons. The molecule has 0 radical (unpaired) electrons. The minimum Gasteiger partial charge on any atom is -0.385 e. The first-order valence-corrected chi connectivity index (χ1v) is 8.09. The second-order valence-corrected chi connectivity index (χ2v) is 6.58. The molecular weight excluding hydrogens is 260 g/mol. The Morgan fingerprint density at radius 2 is 2.00 bits per heavy atom. The van der Waals surface area contributed by atoms with Crippen LogP contribution in [0.4, 0.5) is 5.69 Å². The predicted octanol–water partition coefficient (Wildman–Crippen LogP) is 3.90. The first kappa shape index (κ1) is 15.9. The Balaban J connectivity index is 1.84. The second kappa shape index (κ2) is 7.48. The maximum Gasteiger partial charge on any atom is 0.219 e. The van der Waals surface area contributed by atoms with Gasteiger partial charge in [0, 0.05) is 32.7 Å². The molecule has 0 aliphatic heterocycles. The van der Waals surface area contributed by atoms with Crippen LogP contribution in [0.25, 0.3) is 0 Å². The molecular formula is C18H28N2O. The standard InChI is InChI=1S/C18H28N2O/c1-14-7-9-16(10-8-14)12-19-18-6-4-5-17(11-18)13-20(3)15(2)21/h4-6,11,14,16,19H,7-10,12-13H2,1-3H3. The lowest BCUT2D eigenvalue weighted by atomic mass is 9.83. The van der Waals surface area contributed by atoms with Crippen molar-refractivity contribution in [2.24, 2.45) is 11.8 Å². The molecule has 1 N–H and O–H groups in total. The highest BCUT2D eigenvalue weighted by Gasteiger charge is 2.17. The van der Waals surface area contributed by atoms with Crippen molar-refractivity contribution in [2.75, 3.05) is 18.9 Å². The summed E-state index contributed by atoms with van der Waals surface area (Å²) in [7, 11) is 1.84. The van der Waals surface area contributed by atoms with Gasteiger partial charge in [-0.15, -0.1) is 0 Å². The zero-order chi connectivity index (χ0) is 15.2. The van der Waals surface area contributed by atoms with Crippen LogP contribution < -0.4 is 5.32 Å². The van der Waals surface area contributed by atoms with E-state index >= 15 is 0 Å². The van der Waals surface area contributed by atoms with Gasteiger partial charge in [-0.1, -0.05) is 31.9 Å². The summed E-state index contributed by atoms with van der Waals surface area (Å²) in [4.78, 5) is 13.0. The number of rotatable bonds is 5. The number of hydrogen-bond donors (Lipinski definition) is 1. The number of carbonyl (C=O) groups is 1. The Morgan fingerprint density at radius 3 is 2.67 bits per heavy atom. The Morgan fingerprint density at radius 1 is 1.29 bits per heavy atom. The van der Waals surface area contributed by atoms with E-state index in [0.717, 1.165) is 18.4 Å². The van der Waals surface area contributed by atoms with Crippen molar-refractivity contribution in [3.8, 4) is 0 Å². The largest absolute Gasteiger partial charge is 0.385 e. The molecule has 1 amide bonds. The highest BCUT2D eigenvalue weighted by molar-refractivity contribution is 5.72. The molecule has 1 aromatic rings. The zero-order valence-electron chi connectivity index (χ0n) is 13.6. The van der Waals surface area contributed by atoms with E-state index in [1.54, 1.807) is 11.8 Å². The average Bonchev–Trinajstić information content (AvgIpc) is 2.47. The predicted molar refractivity (Wildman–Crippen MR) is 88.2 cm³/mol. The van der Waals surface area contributed by atoms with Crippen molar-refractivity contribution >= 4 is 11.6 Å².